The number of carbonyl (C=O) groups excluding carboxylic acids is 5. The van der Waals surface area contributed by atoms with Gasteiger partial charge in [-0.05, 0) is 88.0 Å². The molecule has 0 aliphatic heterocycles. The van der Waals surface area contributed by atoms with E-state index in [2.05, 4.69) is 26.6 Å². The van der Waals surface area contributed by atoms with Gasteiger partial charge >= 0.3 is 18.3 Å². The standard InChI is InChI=1S/C28H54N6O8/c1-26(2,3)40-23(37)31-17-10-12-19(33-24(38)41-27(4,5)6)18-32-22(36)20(34-25(39)42-28(7,8)9)13-11-16-30-21(35)14-15-29/h19-20H,10-18,29H2,1-9H3,(H,30,35)(H,31,37)(H,32,36)(H,33,38)(H,34,39)/t19-,20-/m0/s1. The molecule has 0 aromatic carbocycles. The van der Waals surface area contributed by atoms with Crippen LogP contribution in [0.1, 0.15) is 94.4 Å². The zero-order chi connectivity index (χ0) is 32.6. The van der Waals surface area contributed by atoms with Crippen LogP contribution < -0.4 is 32.3 Å². The van der Waals surface area contributed by atoms with Gasteiger partial charge in [0, 0.05) is 38.6 Å². The average molecular weight is 603 g/mol. The first-order valence-corrected chi connectivity index (χ1v) is 14.4. The number of rotatable bonds is 15. The summed E-state index contributed by atoms with van der Waals surface area (Å²) in [6.45, 7) is 16.5. The Labute approximate surface area is 250 Å². The van der Waals surface area contributed by atoms with Gasteiger partial charge in [-0.2, -0.15) is 0 Å². The Morgan fingerprint density at radius 1 is 0.643 bits per heavy atom. The number of carbonyl (C=O) groups is 5. The van der Waals surface area contributed by atoms with Gasteiger partial charge < -0.3 is 46.5 Å². The van der Waals surface area contributed by atoms with Gasteiger partial charge in [0.2, 0.25) is 11.8 Å². The molecule has 0 saturated heterocycles. The third kappa shape index (κ3) is 22.4. The second-order valence-corrected chi connectivity index (χ2v) is 12.9. The Kier molecular flexibility index (Phi) is 16.9. The Bertz CT molecular complexity index is 877. The molecule has 0 unspecified atom stereocenters. The van der Waals surface area contributed by atoms with E-state index in [0.717, 1.165) is 0 Å². The SMILES string of the molecule is CC(C)(C)OC(=O)NCCC[C@@H](CNC(=O)[C@H](CCCNC(=O)CCN)NC(=O)OC(C)(C)C)NC(=O)OC(C)(C)C. The van der Waals surface area contributed by atoms with Crippen LogP contribution in [0.2, 0.25) is 0 Å². The molecule has 0 bridgehead atoms. The first-order chi connectivity index (χ1) is 19.2. The van der Waals surface area contributed by atoms with Gasteiger partial charge in [0.1, 0.15) is 22.8 Å². The van der Waals surface area contributed by atoms with Crippen molar-refractivity contribution in [2.45, 2.75) is 123 Å². The molecule has 244 valence electrons. The molecule has 0 fully saturated rings. The third-order valence-corrected chi connectivity index (χ3v) is 5.01. The molecule has 0 aromatic heterocycles. The number of nitrogens with two attached hydrogens (primary N) is 1. The predicted octanol–water partition coefficient (Wildman–Crippen LogP) is 2.44. The summed E-state index contributed by atoms with van der Waals surface area (Å²) in [4.78, 5) is 61.6. The topological polar surface area (TPSA) is 199 Å². The van der Waals surface area contributed by atoms with E-state index in [4.69, 9.17) is 19.9 Å². The summed E-state index contributed by atoms with van der Waals surface area (Å²) < 4.78 is 15.9. The Morgan fingerprint density at radius 2 is 1.12 bits per heavy atom. The van der Waals surface area contributed by atoms with E-state index in [-0.39, 0.29) is 38.4 Å². The molecule has 0 heterocycles. The Morgan fingerprint density at radius 3 is 1.64 bits per heavy atom. The molecule has 0 aliphatic rings. The van der Waals surface area contributed by atoms with Gasteiger partial charge in [0.25, 0.3) is 0 Å². The monoisotopic (exact) mass is 602 g/mol. The summed E-state index contributed by atoms with van der Waals surface area (Å²) in [6, 6.07) is -1.50. The van der Waals surface area contributed by atoms with E-state index < -0.39 is 53.1 Å². The van der Waals surface area contributed by atoms with Crippen molar-refractivity contribution in [3.8, 4) is 0 Å². The quantitative estimate of drug-likeness (QED) is 0.120. The van der Waals surface area contributed by atoms with E-state index >= 15 is 0 Å². The van der Waals surface area contributed by atoms with Gasteiger partial charge in [-0.25, -0.2) is 14.4 Å². The number of hydrogen-bond acceptors (Lipinski definition) is 9. The maximum absolute atomic E-state index is 13.1. The highest BCUT2D eigenvalue weighted by molar-refractivity contribution is 5.85. The van der Waals surface area contributed by atoms with Crippen molar-refractivity contribution in [3.05, 3.63) is 0 Å². The molecule has 0 saturated carbocycles. The molecule has 14 heteroatoms. The van der Waals surface area contributed by atoms with Gasteiger partial charge in [-0.1, -0.05) is 0 Å². The molecule has 2 atom stereocenters. The smallest absolute Gasteiger partial charge is 0.408 e. The minimum Gasteiger partial charge on any atom is -0.444 e. The highest BCUT2D eigenvalue weighted by Gasteiger charge is 2.26. The van der Waals surface area contributed by atoms with Crippen molar-refractivity contribution in [1.29, 1.82) is 0 Å². The average Bonchev–Trinajstić information content (AvgIpc) is 2.78. The number of alkyl carbamates (subject to hydrolysis) is 3. The molecule has 5 amide bonds. The van der Waals surface area contributed by atoms with Crippen LogP contribution in [0, 0.1) is 0 Å². The van der Waals surface area contributed by atoms with Crippen LogP contribution >= 0.6 is 0 Å². The summed E-state index contributed by atoms with van der Waals surface area (Å²) in [7, 11) is 0. The summed E-state index contributed by atoms with van der Waals surface area (Å²) in [5.74, 6) is -0.687. The molecule has 14 nitrogen and oxygen atoms in total. The second kappa shape index (κ2) is 18.3. The van der Waals surface area contributed by atoms with E-state index in [9.17, 15) is 24.0 Å². The number of ether oxygens (including phenoxy) is 3. The lowest BCUT2D eigenvalue weighted by Crippen LogP contribution is -2.52. The lowest BCUT2D eigenvalue weighted by atomic mass is 10.1. The molecule has 42 heavy (non-hydrogen) atoms. The summed E-state index contributed by atoms with van der Waals surface area (Å²) in [5.41, 5.74) is 3.26. The third-order valence-electron chi connectivity index (χ3n) is 5.01. The summed E-state index contributed by atoms with van der Waals surface area (Å²) in [5, 5.41) is 13.5. The van der Waals surface area contributed by atoms with Crippen LogP contribution in [0.5, 0.6) is 0 Å². The molecule has 0 aromatic rings. The molecule has 0 spiro atoms. The second-order valence-electron chi connectivity index (χ2n) is 12.9. The van der Waals surface area contributed by atoms with Crippen molar-refractivity contribution in [2.24, 2.45) is 5.73 Å². The fourth-order valence-corrected chi connectivity index (χ4v) is 3.37. The van der Waals surface area contributed by atoms with E-state index in [1.54, 1.807) is 62.3 Å². The fraction of sp³-hybridized carbons (Fsp3) is 0.821. The van der Waals surface area contributed by atoms with E-state index in [0.29, 0.717) is 25.8 Å². The van der Waals surface area contributed by atoms with Crippen molar-refractivity contribution in [3.63, 3.8) is 0 Å². The maximum Gasteiger partial charge on any atom is 0.408 e. The highest BCUT2D eigenvalue weighted by Crippen LogP contribution is 2.10. The number of hydrogen-bond donors (Lipinski definition) is 6. The fourth-order valence-electron chi connectivity index (χ4n) is 3.37. The molecule has 0 aliphatic carbocycles. The normalized spacial score (nSPS) is 13.2. The van der Waals surface area contributed by atoms with Crippen LogP contribution in [-0.2, 0) is 23.8 Å². The van der Waals surface area contributed by atoms with Gasteiger partial charge in [0.15, 0.2) is 0 Å². The number of amides is 5. The molecule has 0 rings (SSSR count). The van der Waals surface area contributed by atoms with Gasteiger partial charge in [-0.3, -0.25) is 9.59 Å². The predicted molar refractivity (Wildman–Crippen MR) is 159 cm³/mol. The minimum atomic E-state index is -0.956. The summed E-state index contributed by atoms with van der Waals surface area (Å²) >= 11 is 0. The summed E-state index contributed by atoms with van der Waals surface area (Å²) in [6.07, 6.45) is -0.283. The minimum absolute atomic E-state index is 0.0320. The van der Waals surface area contributed by atoms with Crippen molar-refractivity contribution in [1.82, 2.24) is 26.6 Å². The lowest BCUT2D eigenvalue weighted by molar-refractivity contribution is -0.123. The van der Waals surface area contributed by atoms with Crippen LogP contribution in [-0.4, -0.2) is 85.2 Å². The Hall–Kier alpha value is -3.29. The van der Waals surface area contributed by atoms with Crippen molar-refractivity contribution in [2.75, 3.05) is 26.2 Å². The zero-order valence-electron chi connectivity index (χ0n) is 26.9. The van der Waals surface area contributed by atoms with Crippen molar-refractivity contribution < 1.29 is 38.2 Å². The van der Waals surface area contributed by atoms with Gasteiger partial charge in [-0.15, -0.1) is 0 Å². The van der Waals surface area contributed by atoms with Crippen LogP contribution in [0.4, 0.5) is 14.4 Å². The lowest BCUT2D eigenvalue weighted by Gasteiger charge is -2.26. The zero-order valence-corrected chi connectivity index (χ0v) is 26.9. The maximum atomic E-state index is 13.1. The highest BCUT2D eigenvalue weighted by atomic mass is 16.6. The Balaban J connectivity index is 5.30. The molecule has 0 radical (unpaired) electrons. The first kappa shape index (κ1) is 38.7. The van der Waals surface area contributed by atoms with Crippen LogP contribution in [0.15, 0.2) is 0 Å². The van der Waals surface area contributed by atoms with Crippen molar-refractivity contribution >= 4 is 30.1 Å². The largest absolute Gasteiger partial charge is 0.444 e. The number of nitrogens with one attached hydrogen (secondary N) is 5. The molecular weight excluding hydrogens is 548 g/mol. The van der Waals surface area contributed by atoms with E-state index in [1.165, 1.54) is 0 Å². The van der Waals surface area contributed by atoms with Crippen LogP contribution in [0.25, 0.3) is 0 Å². The molecule has 7 N–H and O–H groups in total. The molecular formula is C28H54N6O8. The first-order valence-electron chi connectivity index (χ1n) is 14.4. The van der Waals surface area contributed by atoms with E-state index in [1.807, 2.05) is 0 Å². The van der Waals surface area contributed by atoms with Gasteiger partial charge in [0.05, 0.1) is 0 Å². The van der Waals surface area contributed by atoms with Crippen LogP contribution in [0.3, 0.4) is 0 Å².